The molecular weight excluding hydrogens is 348 g/mol. The SMILES string of the molecule is CN(C)C(=O)c1ccc(NC(=O)C2(c3ccc(Cl)cc3)CCCC2)cc1. The van der Waals surface area contributed by atoms with E-state index in [9.17, 15) is 9.59 Å². The van der Waals surface area contributed by atoms with Crippen LogP contribution in [-0.2, 0) is 10.2 Å². The van der Waals surface area contributed by atoms with Crippen LogP contribution in [0.4, 0.5) is 5.69 Å². The van der Waals surface area contributed by atoms with E-state index in [0.29, 0.717) is 16.3 Å². The predicted octanol–water partition coefficient (Wildman–Crippen LogP) is 4.49. The molecule has 0 radical (unpaired) electrons. The maximum Gasteiger partial charge on any atom is 0.253 e. The first-order valence-corrected chi connectivity index (χ1v) is 9.19. The van der Waals surface area contributed by atoms with E-state index in [1.165, 1.54) is 4.90 Å². The van der Waals surface area contributed by atoms with Crippen LogP contribution < -0.4 is 5.32 Å². The van der Waals surface area contributed by atoms with Crippen molar-refractivity contribution in [1.82, 2.24) is 4.90 Å². The number of carbonyl (C=O) groups excluding carboxylic acids is 2. The van der Waals surface area contributed by atoms with Crippen molar-refractivity contribution >= 4 is 29.1 Å². The summed E-state index contributed by atoms with van der Waals surface area (Å²) in [5.74, 6) is -0.0553. The Labute approximate surface area is 159 Å². The van der Waals surface area contributed by atoms with Crippen molar-refractivity contribution in [2.75, 3.05) is 19.4 Å². The van der Waals surface area contributed by atoms with Gasteiger partial charge in [0.15, 0.2) is 0 Å². The van der Waals surface area contributed by atoms with Crippen LogP contribution in [0.2, 0.25) is 5.02 Å². The van der Waals surface area contributed by atoms with Crippen molar-refractivity contribution in [3.63, 3.8) is 0 Å². The Balaban J connectivity index is 1.81. The van der Waals surface area contributed by atoms with E-state index in [1.54, 1.807) is 38.4 Å². The summed E-state index contributed by atoms with van der Waals surface area (Å²) in [6, 6.07) is 14.6. The summed E-state index contributed by atoms with van der Waals surface area (Å²) in [6.07, 6.45) is 3.73. The number of anilines is 1. The summed E-state index contributed by atoms with van der Waals surface area (Å²) in [5.41, 5.74) is 1.80. The number of halogens is 1. The molecule has 0 unspecified atom stereocenters. The maximum absolute atomic E-state index is 13.1. The second-order valence-corrected chi connectivity index (χ2v) is 7.46. The maximum atomic E-state index is 13.1. The largest absolute Gasteiger partial charge is 0.345 e. The topological polar surface area (TPSA) is 49.4 Å². The van der Waals surface area contributed by atoms with Gasteiger partial charge in [0.05, 0.1) is 5.41 Å². The molecule has 2 aromatic carbocycles. The molecule has 1 N–H and O–H groups in total. The minimum absolute atomic E-state index is 0.00371. The average Bonchev–Trinajstić information content (AvgIpc) is 3.13. The summed E-state index contributed by atoms with van der Waals surface area (Å²) < 4.78 is 0. The number of hydrogen-bond donors (Lipinski definition) is 1. The van der Waals surface area contributed by atoms with Gasteiger partial charge in [0, 0.05) is 30.4 Å². The van der Waals surface area contributed by atoms with E-state index in [0.717, 1.165) is 31.2 Å². The van der Waals surface area contributed by atoms with E-state index in [1.807, 2.05) is 24.3 Å². The van der Waals surface area contributed by atoms with Gasteiger partial charge in [-0.15, -0.1) is 0 Å². The van der Waals surface area contributed by atoms with Gasteiger partial charge in [-0.1, -0.05) is 36.6 Å². The summed E-state index contributed by atoms with van der Waals surface area (Å²) >= 11 is 6.00. The molecule has 0 heterocycles. The van der Waals surface area contributed by atoms with Crippen LogP contribution in [-0.4, -0.2) is 30.8 Å². The van der Waals surface area contributed by atoms with Gasteiger partial charge in [-0.05, 0) is 54.8 Å². The van der Waals surface area contributed by atoms with Gasteiger partial charge >= 0.3 is 0 Å². The summed E-state index contributed by atoms with van der Waals surface area (Å²) in [4.78, 5) is 26.6. The number of rotatable bonds is 4. The van der Waals surface area contributed by atoms with Gasteiger partial charge < -0.3 is 10.2 Å². The van der Waals surface area contributed by atoms with E-state index < -0.39 is 5.41 Å². The molecule has 3 rings (SSSR count). The molecule has 4 nitrogen and oxygen atoms in total. The molecule has 0 aliphatic heterocycles. The third kappa shape index (κ3) is 3.61. The second-order valence-electron chi connectivity index (χ2n) is 7.03. The first kappa shape index (κ1) is 18.5. The molecule has 0 bridgehead atoms. The lowest BCUT2D eigenvalue weighted by molar-refractivity contribution is -0.121. The smallest absolute Gasteiger partial charge is 0.253 e. The highest BCUT2D eigenvalue weighted by Gasteiger charge is 2.42. The zero-order chi connectivity index (χ0) is 18.7. The molecule has 136 valence electrons. The van der Waals surface area contributed by atoms with E-state index in [4.69, 9.17) is 11.6 Å². The molecule has 0 aromatic heterocycles. The third-order valence-electron chi connectivity index (χ3n) is 5.08. The molecule has 0 spiro atoms. The number of hydrogen-bond acceptors (Lipinski definition) is 2. The lowest BCUT2D eigenvalue weighted by atomic mass is 9.78. The fraction of sp³-hybridized carbons (Fsp3) is 0.333. The molecule has 1 saturated carbocycles. The molecule has 2 amide bonds. The van der Waals surface area contributed by atoms with Gasteiger partial charge in [-0.3, -0.25) is 9.59 Å². The third-order valence-corrected chi connectivity index (χ3v) is 5.34. The molecule has 0 atom stereocenters. The van der Waals surface area contributed by atoms with Crippen molar-refractivity contribution in [2.24, 2.45) is 0 Å². The normalized spacial score (nSPS) is 15.5. The minimum Gasteiger partial charge on any atom is -0.345 e. The Bertz CT molecular complexity index is 792. The van der Waals surface area contributed by atoms with Gasteiger partial charge in [-0.25, -0.2) is 0 Å². The van der Waals surface area contributed by atoms with Gasteiger partial charge in [0.25, 0.3) is 5.91 Å². The first-order valence-electron chi connectivity index (χ1n) is 8.82. The molecule has 0 saturated heterocycles. The predicted molar refractivity (Wildman–Crippen MR) is 105 cm³/mol. The lowest BCUT2D eigenvalue weighted by Crippen LogP contribution is -2.38. The first-order chi connectivity index (χ1) is 12.4. The summed E-state index contributed by atoms with van der Waals surface area (Å²) in [5, 5.41) is 3.71. The monoisotopic (exact) mass is 370 g/mol. The number of carbonyl (C=O) groups is 2. The van der Waals surface area contributed by atoms with E-state index in [2.05, 4.69) is 5.32 Å². The average molecular weight is 371 g/mol. The van der Waals surface area contributed by atoms with Crippen LogP contribution in [0.25, 0.3) is 0 Å². The number of nitrogens with zero attached hydrogens (tertiary/aromatic N) is 1. The van der Waals surface area contributed by atoms with Crippen LogP contribution >= 0.6 is 11.6 Å². The second kappa shape index (κ2) is 7.50. The summed E-state index contributed by atoms with van der Waals surface area (Å²) in [7, 11) is 3.43. The van der Waals surface area contributed by atoms with E-state index in [-0.39, 0.29) is 11.8 Å². The Morgan fingerprint density at radius 1 is 0.962 bits per heavy atom. The fourth-order valence-electron chi connectivity index (χ4n) is 3.60. The zero-order valence-electron chi connectivity index (χ0n) is 15.1. The molecule has 26 heavy (non-hydrogen) atoms. The van der Waals surface area contributed by atoms with Gasteiger partial charge in [0.1, 0.15) is 0 Å². The Kier molecular flexibility index (Phi) is 5.33. The minimum atomic E-state index is -0.511. The van der Waals surface area contributed by atoms with Crippen molar-refractivity contribution < 1.29 is 9.59 Å². The Morgan fingerprint density at radius 2 is 1.54 bits per heavy atom. The number of benzene rings is 2. The Morgan fingerprint density at radius 3 is 2.08 bits per heavy atom. The molecule has 1 fully saturated rings. The highest BCUT2D eigenvalue weighted by molar-refractivity contribution is 6.30. The lowest BCUT2D eigenvalue weighted by Gasteiger charge is -2.28. The van der Waals surface area contributed by atoms with Crippen LogP contribution in [0, 0.1) is 0 Å². The Hall–Kier alpha value is -2.33. The van der Waals surface area contributed by atoms with Crippen molar-refractivity contribution in [2.45, 2.75) is 31.1 Å². The van der Waals surface area contributed by atoms with Crippen LogP contribution in [0.5, 0.6) is 0 Å². The molecule has 1 aliphatic carbocycles. The van der Waals surface area contributed by atoms with Gasteiger partial charge in [0.2, 0.25) is 5.91 Å². The van der Waals surface area contributed by atoms with Crippen molar-refractivity contribution in [3.8, 4) is 0 Å². The highest BCUT2D eigenvalue weighted by atomic mass is 35.5. The zero-order valence-corrected chi connectivity index (χ0v) is 15.8. The van der Waals surface area contributed by atoms with Crippen molar-refractivity contribution in [1.29, 1.82) is 0 Å². The highest BCUT2D eigenvalue weighted by Crippen LogP contribution is 2.42. The van der Waals surface area contributed by atoms with Crippen LogP contribution in [0.3, 0.4) is 0 Å². The van der Waals surface area contributed by atoms with Crippen LogP contribution in [0.15, 0.2) is 48.5 Å². The van der Waals surface area contributed by atoms with E-state index >= 15 is 0 Å². The molecule has 2 aromatic rings. The molecule has 5 heteroatoms. The van der Waals surface area contributed by atoms with Crippen LogP contribution in [0.1, 0.15) is 41.6 Å². The standard InChI is InChI=1S/C21H23ClN2O2/c1-24(2)19(25)15-5-11-18(12-6-15)23-20(26)21(13-3-4-14-21)16-7-9-17(22)10-8-16/h5-12H,3-4,13-14H2,1-2H3,(H,23,26). The molecular formula is C21H23ClN2O2. The fourth-order valence-corrected chi connectivity index (χ4v) is 3.73. The van der Waals surface area contributed by atoms with Gasteiger partial charge in [-0.2, -0.15) is 0 Å². The number of amides is 2. The summed E-state index contributed by atoms with van der Waals surface area (Å²) in [6.45, 7) is 0. The molecule has 1 aliphatic rings. The number of nitrogens with one attached hydrogen (secondary N) is 1. The quantitative estimate of drug-likeness (QED) is 0.861. The van der Waals surface area contributed by atoms with Crippen molar-refractivity contribution in [3.05, 3.63) is 64.7 Å².